The van der Waals surface area contributed by atoms with E-state index in [0.717, 1.165) is 29.8 Å². The van der Waals surface area contributed by atoms with E-state index in [-0.39, 0.29) is 24.1 Å². The average Bonchev–Trinajstić information content (AvgIpc) is 3.52. The lowest BCUT2D eigenvalue weighted by Crippen LogP contribution is -2.25. The van der Waals surface area contributed by atoms with Gasteiger partial charge in [0, 0.05) is 43.4 Å². The summed E-state index contributed by atoms with van der Waals surface area (Å²) in [7, 11) is 0. The zero-order chi connectivity index (χ0) is 24.6. The van der Waals surface area contributed by atoms with Crippen LogP contribution in [-0.2, 0) is 29.1 Å². The number of carbonyl (C=O) groups excluding carboxylic acids is 3. The highest BCUT2D eigenvalue weighted by molar-refractivity contribution is 5.94. The molecule has 182 valence electrons. The topological polar surface area (TPSA) is 116 Å². The number of nitrogens with one attached hydrogen (secondary N) is 3. The molecule has 1 saturated heterocycles. The fourth-order valence-electron chi connectivity index (χ4n) is 3.90. The highest BCUT2D eigenvalue weighted by Crippen LogP contribution is 2.29. The summed E-state index contributed by atoms with van der Waals surface area (Å²) in [6.45, 7) is 3.95. The van der Waals surface area contributed by atoms with Crippen molar-refractivity contribution in [2.75, 3.05) is 13.1 Å². The summed E-state index contributed by atoms with van der Waals surface area (Å²) in [6, 6.07) is 12.5. The van der Waals surface area contributed by atoms with Gasteiger partial charge in [0.15, 0.2) is 0 Å². The van der Waals surface area contributed by atoms with E-state index in [4.69, 9.17) is 4.74 Å². The number of imidazole rings is 1. The van der Waals surface area contributed by atoms with Crippen LogP contribution in [0, 0.1) is 0 Å². The fraction of sp³-hybridized carbons (Fsp3) is 0.308. The van der Waals surface area contributed by atoms with Gasteiger partial charge in [-0.15, -0.1) is 0 Å². The fourth-order valence-corrected chi connectivity index (χ4v) is 3.90. The smallest absolute Gasteiger partial charge is 0.251 e. The molecule has 35 heavy (non-hydrogen) atoms. The molecule has 3 N–H and O–H groups in total. The van der Waals surface area contributed by atoms with Gasteiger partial charge in [-0.05, 0) is 49.2 Å². The number of amides is 3. The molecular formula is C26H29N5O4. The van der Waals surface area contributed by atoms with Crippen molar-refractivity contribution in [3.63, 3.8) is 0 Å². The molecule has 1 aromatic heterocycles. The standard InChI is InChI=1S/C26H29N5O4/c1-2-28-26(34)19-7-9-22(10-8-19)35-23-12-18(13-24(32)29-15-21-14-27-17-30-21)5-6-20(23)16-31-11-3-4-25(31)33/h5-10,12,14,17H,2-4,11,13,15-16H2,1H3,(H,27,30)(H,28,34)(H,29,32). The van der Waals surface area contributed by atoms with Gasteiger partial charge in [-0.2, -0.15) is 0 Å². The van der Waals surface area contributed by atoms with Crippen molar-refractivity contribution in [2.45, 2.75) is 39.3 Å². The van der Waals surface area contributed by atoms with Crippen molar-refractivity contribution < 1.29 is 19.1 Å². The molecule has 2 aromatic carbocycles. The summed E-state index contributed by atoms with van der Waals surface area (Å²) in [4.78, 5) is 45.4. The van der Waals surface area contributed by atoms with Crippen LogP contribution in [-0.4, -0.2) is 45.7 Å². The van der Waals surface area contributed by atoms with Crippen LogP contribution >= 0.6 is 0 Å². The van der Waals surface area contributed by atoms with Crippen molar-refractivity contribution in [1.29, 1.82) is 0 Å². The number of aromatic nitrogens is 2. The second-order valence-corrected chi connectivity index (χ2v) is 8.38. The van der Waals surface area contributed by atoms with Gasteiger partial charge < -0.3 is 25.3 Å². The van der Waals surface area contributed by atoms with Crippen molar-refractivity contribution in [1.82, 2.24) is 25.5 Å². The third kappa shape index (κ3) is 6.47. The maximum atomic E-state index is 12.5. The summed E-state index contributed by atoms with van der Waals surface area (Å²) in [6.07, 6.45) is 4.83. The number of ether oxygens (including phenoxy) is 1. The Morgan fingerprint density at radius 3 is 2.66 bits per heavy atom. The van der Waals surface area contributed by atoms with Crippen LogP contribution in [0.4, 0.5) is 0 Å². The number of rotatable bonds is 10. The van der Waals surface area contributed by atoms with Gasteiger partial charge in [0.05, 0.1) is 25.0 Å². The molecule has 2 heterocycles. The van der Waals surface area contributed by atoms with E-state index in [0.29, 0.717) is 43.1 Å². The number of aromatic amines is 1. The minimum absolute atomic E-state index is 0.126. The summed E-state index contributed by atoms with van der Waals surface area (Å²) in [5, 5.41) is 5.64. The normalized spacial score (nSPS) is 13.1. The number of H-pyrrole nitrogens is 1. The van der Waals surface area contributed by atoms with E-state index < -0.39 is 0 Å². The maximum absolute atomic E-state index is 12.5. The molecule has 1 fully saturated rings. The predicted molar refractivity (Wildman–Crippen MR) is 130 cm³/mol. The van der Waals surface area contributed by atoms with E-state index >= 15 is 0 Å². The first-order chi connectivity index (χ1) is 17.0. The molecule has 9 heteroatoms. The van der Waals surface area contributed by atoms with Gasteiger partial charge in [-0.25, -0.2) is 4.98 Å². The summed E-state index contributed by atoms with van der Waals surface area (Å²) in [5.41, 5.74) is 3.01. The molecule has 0 aliphatic carbocycles. The monoisotopic (exact) mass is 475 g/mol. The number of hydrogen-bond acceptors (Lipinski definition) is 5. The molecule has 4 rings (SSSR count). The largest absolute Gasteiger partial charge is 0.457 e. The van der Waals surface area contributed by atoms with Gasteiger partial charge in [-0.1, -0.05) is 12.1 Å². The second kappa shape index (κ2) is 11.3. The van der Waals surface area contributed by atoms with E-state index in [1.807, 2.05) is 30.0 Å². The van der Waals surface area contributed by atoms with Crippen molar-refractivity contribution in [3.8, 4) is 11.5 Å². The first kappa shape index (κ1) is 24.0. The van der Waals surface area contributed by atoms with Gasteiger partial charge in [-0.3, -0.25) is 14.4 Å². The Morgan fingerprint density at radius 2 is 1.97 bits per heavy atom. The lowest BCUT2D eigenvalue weighted by molar-refractivity contribution is -0.128. The third-order valence-electron chi connectivity index (χ3n) is 5.74. The first-order valence-corrected chi connectivity index (χ1v) is 11.7. The van der Waals surface area contributed by atoms with Gasteiger partial charge in [0.25, 0.3) is 5.91 Å². The number of nitrogens with zero attached hydrogens (tertiary/aromatic N) is 2. The van der Waals surface area contributed by atoms with E-state index in [1.165, 1.54) is 0 Å². The zero-order valence-corrected chi connectivity index (χ0v) is 19.7. The van der Waals surface area contributed by atoms with Crippen LogP contribution in [0.3, 0.4) is 0 Å². The first-order valence-electron chi connectivity index (χ1n) is 11.7. The van der Waals surface area contributed by atoms with Gasteiger partial charge in [0.1, 0.15) is 11.5 Å². The van der Waals surface area contributed by atoms with E-state index in [9.17, 15) is 14.4 Å². The molecular weight excluding hydrogens is 446 g/mol. The molecule has 0 atom stereocenters. The SMILES string of the molecule is CCNC(=O)c1ccc(Oc2cc(CC(=O)NCc3cnc[nH]3)ccc2CN2CCCC2=O)cc1. The Labute approximate surface area is 203 Å². The van der Waals surface area contributed by atoms with Crippen LogP contribution in [0.5, 0.6) is 11.5 Å². The second-order valence-electron chi connectivity index (χ2n) is 8.38. The van der Waals surface area contributed by atoms with Crippen LogP contribution in [0.1, 0.15) is 46.9 Å². The molecule has 9 nitrogen and oxygen atoms in total. The maximum Gasteiger partial charge on any atom is 0.251 e. The Morgan fingerprint density at radius 1 is 1.14 bits per heavy atom. The number of likely N-dealkylation sites (tertiary alicyclic amines) is 1. The highest BCUT2D eigenvalue weighted by Gasteiger charge is 2.22. The molecule has 0 bridgehead atoms. The summed E-state index contributed by atoms with van der Waals surface area (Å²) < 4.78 is 6.18. The lowest BCUT2D eigenvalue weighted by atomic mass is 10.1. The summed E-state index contributed by atoms with van der Waals surface area (Å²) >= 11 is 0. The molecule has 0 unspecified atom stereocenters. The van der Waals surface area contributed by atoms with Crippen LogP contribution in [0.2, 0.25) is 0 Å². The van der Waals surface area contributed by atoms with Crippen molar-refractivity contribution in [3.05, 3.63) is 77.4 Å². The molecule has 0 radical (unpaired) electrons. The minimum atomic E-state index is -0.143. The average molecular weight is 476 g/mol. The zero-order valence-electron chi connectivity index (χ0n) is 19.7. The number of hydrogen-bond donors (Lipinski definition) is 3. The number of carbonyl (C=O) groups is 3. The van der Waals surface area contributed by atoms with E-state index in [1.54, 1.807) is 36.8 Å². The van der Waals surface area contributed by atoms with Crippen LogP contribution in [0.25, 0.3) is 0 Å². The molecule has 3 amide bonds. The Hall–Kier alpha value is -4.14. The van der Waals surface area contributed by atoms with E-state index in [2.05, 4.69) is 20.6 Å². The van der Waals surface area contributed by atoms with Gasteiger partial charge >= 0.3 is 0 Å². The third-order valence-corrected chi connectivity index (χ3v) is 5.74. The molecule has 0 spiro atoms. The molecule has 0 saturated carbocycles. The Bertz CT molecular complexity index is 1170. The van der Waals surface area contributed by atoms with Crippen molar-refractivity contribution in [2.24, 2.45) is 0 Å². The van der Waals surface area contributed by atoms with Gasteiger partial charge in [0.2, 0.25) is 11.8 Å². The minimum Gasteiger partial charge on any atom is -0.457 e. The van der Waals surface area contributed by atoms with Crippen molar-refractivity contribution >= 4 is 17.7 Å². The van der Waals surface area contributed by atoms with Crippen LogP contribution < -0.4 is 15.4 Å². The molecule has 3 aromatic rings. The Kier molecular flexibility index (Phi) is 7.77. The summed E-state index contributed by atoms with van der Waals surface area (Å²) in [5.74, 6) is 1.00. The predicted octanol–water partition coefficient (Wildman–Crippen LogP) is 2.93. The molecule has 1 aliphatic rings. The molecule has 1 aliphatic heterocycles. The lowest BCUT2D eigenvalue weighted by Gasteiger charge is -2.19. The number of benzene rings is 2. The Balaban J connectivity index is 1.50. The highest BCUT2D eigenvalue weighted by atomic mass is 16.5. The quantitative estimate of drug-likeness (QED) is 0.417. The van der Waals surface area contributed by atoms with Crippen LogP contribution in [0.15, 0.2) is 55.0 Å².